The molecule has 0 rings (SSSR count). The van der Waals surface area contributed by atoms with Gasteiger partial charge in [-0.1, -0.05) is 294 Å². The summed E-state index contributed by atoms with van der Waals surface area (Å²) < 4.78 is 68.7. The first-order chi connectivity index (χ1) is 53.7. The van der Waals surface area contributed by atoms with Crippen LogP contribution in [0.5, 0.6) is 0 Å². The summed E-state index contributed by atoms with van der Waals surface area (Å²) in [5.74, 6) is -2.26. The molecule has 0 aliphatic rings. The van der Waals surface area contributed by atoms with Crippen molar-refractivity contribution in [2.45, 2.75) is 341 Å². The lowest BCUT2D eigenvalue weighted by molar-refractivity contribution is -0.161. The third kappa shape index (κ3) is 80.5. The zero-order chi connectivity index (χ0) is 80.3. The van der Waals surface area contributed by atoms with Gasteiger partial charge in [-0.15, -0.1) is 0 Å². The molecule has 0 amide bonds. The molecule has 19 heteroatoms. The number of phosphoric ester groups is 2. The van der Waals surface area contributed by atoms with E-state index in [1.54, 1.807) is 0 Å². The van der Waals surface area contributed by atoms with Gasteiger partial charge in [0, 0.05) is 25.7 Å². The fourth-order valence-electron chi connectivity index (χ4n) is 10.8. The number of unbranched alkanes of at least 4 members (excludes halogenated alkanes) is 24. The molecule has 0 saturated heterocycles. The molecular formula is C91H150O17P2. The maximum Gasteiger partial charge on any atom is 0.472 e. The fraction of sp³-hybridized carbons (Fsp3) is 0.648. The van der Waals surface area contributed by atoms with Gasteiger partial charge in [0.05, 0.1) is 26.4 Å². The van der Waals surface area contributed by atoms with E-state index in [1.807, 2.05) is 0 Å². The first kappa shape index (κ1) is 104. The molecule has 0 saturated carbocycles. The van der Waals surface area contributed by atoms with Gasteiger partial charge < -0.3 is 33.8 Å². The molecule has 0 bridgehead atoms. The molecule has 5 atom stereocenters. The predicted molar refractivity (Wildman–Crippen MR) is 454 cm³/mol. The summed E-state index contributed by atoms with van der Waals surface area (Å²) in [4.78, 5) is 73.2. The molecule has 0 aliphatic carbocycles. The second kappa shape index (κ2) is 81.4. The number of aliphatic hydroxyl groups excluding tert-OH is 1. The number of carbonyl (C=O) groups excluding carboxylic acids is 4. The van der Waals surface area contributed by atoms with Crippen LogP contribution in [0.3, 0.4) is 0 Å². The van der Waals surface area contributed by atoms with Crippen molar-refractivity contribution >= 4 is 39.5 Å². The molecule has 626 valence electrons. The Labute approximate surface area is 667 Å². The van der Waals surface area contributed by atoms with Gasteiger partial charge in [0.2, 0.25) is 0 Å². The Bertz CT molecular complexity index is 2750. The van der Waals surface area contributed by atoms with E-state index in [1.165, 1.54) is 19.3 Å². The molecule has 0 heterocycles. The highest BCUT2D eigenvalue weighted by Gasteiger charge is 2.30. The summed E-state index contributed by atoms with van der Waals surface area (Å²) in [5, 5.41) is 10.7. The van der Waals surface area contributed by atoms with Crippen molar-refractivity contribution in [3.05, 3.63) is 170 Å². The Morgan fingerprint density at radius 1 is 0.264 bits per heavy atom. The van der Waals surface area contributed by atoms with Gasteiger partial charge >= 0.3 is 39.5 Å². The van der Waals surface area contributed by atoms with Crippen LogP contribution in [0, 0.1) is 0 Å². The van der Waals surface area contributed by atoms with Crippen molar-refractivity contribution in [2.75, 3.05) is 39.6 Å². The third-order valence-electron chi connectivity index (χ3n) is 17.1. The van der Waals surface area contributed by atoms with Gasteiger partial charge in [0.1, 0.15) is 19.3 Å². The van der Waals surface area contributed by atoms with Gasteiger partial charge in [0.25, 0.3) is 0 Å². The molecule has 0 spiro atoms. The van der Waals surface area contributed by atoms with Gasteiger partial charge in [-0.05, 0) is 173 Å². The molecule has 17 nitrogen and oxygen atoms in total. The van der Waals surface area contributed by atoms with E-state index >= 15 is 0 Å². The van der Waals surface area contributed by atoms with E-state index in [0.717, 1.165) is 225 Å². The van der Waals surface area contributed by atoms with Crippen LogP contribution in [0.4, 0.5) is 0 Å². The summed E-state index contributed by atoms with van der Waals surface area (Å²) in [5.41, 5.74) is 0. The van der Waals surface area contributed by atoms with Crippen LogP contribution in [0.15, 0.2) is 170 Å². The highest BCUT2D eigenvalue weighted by atomic mass is 31.2. The third-order valence-corrected chi connectivity index (χ3v) is 19.0. The predicted octanol–water partition coefficient (Wildman–Crippen LogP) is 25.3. The summed E-state index contributed by atoms with van der Waals surface area (Å²) in [6.07, 6.45) is 97.4. The number of carbonyl (C=O) groups is 4. The van der Waals surface area contributed by atoms with Crippen LogP contribution in [0.2, 0.25) is 0 Å². The summed E-state index contributed by atoms with van der Waals surface area (Å²) in [6.45, 7) is 4.48. The van der Waals surface area contributed by atoms with Crippen molar-refractivity contribution in [1.82, 2.24) is 0 Å². The molecule has 110 heavy (non-hydrogen) atoms. The van der Waals surface area contributed by atoms with Gasteiger partial charge in [-0.3, -0.25) is 37.3 Å². The molecular weight excluding hydrogens is 1430 g/mol. The van der Waals surface area contributed by atoms with E-state index in [-0.39, 0.29) is 25.7 Å². The lowest BCUT2D eigenvalue weighted by Gasteiger charge is -2.21. The van der Waals surface area contributed by atoms with Gasteiger partial charge in [-0.25, -0.2) is 9.13 Å². The highest BCUT2D eigenvalue weighted by Crippen LogP contribution is 2.45. The molecule has 0 fully saturated rings. The van der Waals surface area contributed by atoms with E-state index < -0.39 is 97.5 Å². The van der Waals surface area contributed by atoms with E-state index in [0.29, 0.717) is 25.7 Å². The van der Waals surface area contributed by atoms with Crippen molar-refractivity contribution in [2.24, 2.45) is 0 Å². The minimum Gasteiger partial charge on any atom is -0.462 e. The molecule has 0 aliphatic heterocycles. The number of phosphoric acid groups is 2. The maximum absolute atomic E-state index is 13.1. The first-order valence-electron chi connectivity index (χ1n) is 42.4. The zero-order valence-electron chi connectivity index (χ0n) is 68.6. The van der Waals surface area contributed by atoms with E-state index in [9.17, 15) is 43.2 Å². The van der Waals surface area contributed by atoms with Crippen LogP contribution >= 0.6 is 15.6 Å². The molecule has 0 aromatic heterocycles. The van der Waals surface area contributed by atoms with Crippen LogP contribution < -0.4 is 0 Å². The Morgan fingerprint density at radius 3 is 0.773 bits per heavy atom. The standard InChI is InChI=1S/C91H150O17P2/c1-5-9-13-17-21-25-29-33-36-39-42-45-48-52-55-59-63-67-71-75-88(93)101-81-86(107-90(95)77-73-69-65-61-57-51-32-28-24-20-16-12-8-4)83-105-109(97,98)103-79-85(92)80-104-110(99,100)106-84-87(108-91(96)78-74-70-66-62-58-54-50-47-44-41-38-35-31-27-23-19-15-11-7-3)82-102-89(94)76-72-68-64-60-56-53-49-46-43-40-37-34-30-26-22-18-14-10-6-2/h10-11,14-16,20-23,25-28,32-38,42-47,53,56,85-87,92H,5-9,12-13,17-19,24,29-31,39-41,48-52,54-55,57-84H2,1-4H3,(H,97,98)(H,99,100)/b14-10-,15-11-,20-16-,25-21-,26-22-,27-23-,32-28-,36-33-,37-34-,38-35-,45-42-,46-43-,47-44-,56-53-. The number of aliphatic hydroxyl groups is 1. The maximum atomic E-state index is 13.1. The van der Waals surface area contributed by atoms with Crippen LogP contribution in [0.25, 0.3) is 0 Å². The SMILES string of the molecule is CC/C=C\C/C=C\C/C=C\C/C=C\C/C=C\CCCCCC(=O)OCC(COP(=O)(O)OCC(O)COP(=O)(O)OCC(COC(=O)CCCCCCCC/C=C\C/C=C\C/C=C\CCCCC)OC(=O)CCCCCCC/C=C\C/C=C\CCC)OC(=O)CCCCCCCC/C=C\C/C=C\C/C=C\C/C=C\CC. The monoisotopic (exact) mass is 1580 g/mol. The summed E-state index contributed by atoms with van der Waals surface area (Å²) >= 11 is 0. The van der Waals surface area contributed by atoms with Gasteiger partial charge in [-0.2, -0.15) is 0 Å². The lowest BCUT2D eigenvalue weighted by Crippen LogP contribution is -2.30. The highest BCUT2D eigenvalue weighted by molar-refractivity contribution is 7.47. The smallest absolute Gasteiger partial charge is 0.462 e. The molecule has 0 aromatic rings. The Morgan fingerprint density at radius 2 is 0.491 bits per heavy atom. The largest absolute Gasteiger partial charge is 0.472 e. The Kier molecular flexibility index (Phi) is 77.3. The number of rotatable bonds is 78. The van der Waals surface area contributed by atoms with Crippen molar-refractivity contribution in [3.63, 3.8) is 0 Å². The second-order valence-corrected chi connectivity index (χ2v) is 30.6. The topological polar surface area (TPSA) is 237 Å². The normalized spacial score (nSPS) is 14.6. The van der Waals surface area contributed by atoms with Crippen molar-refractivity contribution < 1.29 is 80.2 Å². The Balaban J connectivity index is 5.44. The van der Waals surface area contributed by atoms with Gasteiger partial charge in [0.15, 0.2) is 12.2 Å². The second-order valence-electron chi connectivity index (χ2n) is 27.6. The number of allylic oxidation sites excluding steroid dienone is 28. The number of hydrogen-bond acceptors (Lipinski definition) is 15. The van der Waals surface area contributed by atoms with E-state index in [2.05, 4.69) is 198 Å². The molecule has 3 N–H and O–H groups in total. The lowest BCUT2D eigenvalue weighted by atomic mass is 10.1. The van der Waals surface area contributed by atoms with Crippen molar-refractivity contribution in [1.29, 1.82) is 0 Å². The summed E-state index contributed by atoms with van der Waals surface area (Å²) in [6, 6.07) is 0. The quantitative estimate of drug-likeness (QED) is 0.0169. The average Bonchev–Trinajstić information content (AvgIpc) is 0.900. The van der Waals surface area contributed by atoms with E-state index in [4.69, 9.17) is 37.0 Å². The minimum atomic E-state index is -5.00. The number of ether oxygens (including phenoxy) is 4. The Hall–Kier alpha value is -5.58. The minimum absolute atomic E-state index is 0.0645. The number of hydrogen-bond donors (Lipinski definition) is 3. The molecule has 0 aromatic carbocycles. The number of esters is 4. The molecule has 0 radical (unpaired) electrons. The fourth-order valence-corrected chi connectivity index (χ4v) is 12.3. The van der Waals surface area contributed by atoms with Crippen LogP contribution in [-0.2, 0) is 65.4 Å². The average molecular weight is 1580 g/mol. The zero-order valence-corrected chi connectivity index (χ0v) is 70.4. The van der Waals surface area contributed by atoms with Crippen LogP contribution in [-0.4, -0.2) is 96.7 Å². The molecule has 5 unspecified atom stereocenters. The van der Waals surface area contributed by atoms with Crippen molar-refractivity contribution in [3.8, 4) is 0 Å². The van der Waals surface area contributed by atoms with Crippen LogP contribution in [0.1, 0.15) is 323 Å². The first-order valence-corrected chi connectivity index (χ1v) is 45.4. The summed E-state index contributed by atoms with van der Waals surface area (Å²) in [7, 11) is -10.0.